The molecule has 5 nitrogen and oxygen atoms in total. The molecule has 1 rings (SSSR count). The van der Waals surface area contributed by atoms with Gasteiger partial charge in [-0.05, 0) is 13.8 Å². The lowest BCUT2D eigenvalue weighted by atomic mass is 9.98. The third kappa shape index (κ3) is 1.84. The predicted molar refractivity (Wildman–Crippen MR) is 44.0 cm³/mol. The Bertz CT molecular complexity index is 170. The first kappa shape index (κ1) is 10.9. The summed E-state index contributed by atoms with van der Waals surface area (Å²) in [6, 6.07) is 0. The summed E-state index contributed by atoms with van der Waals surface area (Å²) in [5.74, 6) is 0. The molecule has 13 heavy (non-hydrogen) atoms. The molecule has 1 heterocycles. The van der Waals surface area contributed by atoms with Gasteiger partial charge in [-0.25, -0.2) is 0 Å². The molecule has 0 radical (unpaired) electrons. The minimum Gasteiger partial charge on any atom is -0.394 e. The number of hydrogen-bond acceptors (Lipinski definition) is 5. The molecule has 0 saturated carbocycles. The molecule has 1 fully saturated rings. The number of aliphatic hydroxyl groups is 3. The molecule has 3 N–H and O–H groups in total. The molecule has 4 atom stereocenters. The lowest BCUT2D eigenvalue weighted by molar-refractivity contribution is -0.198. The maximum Gasteiger partial charge on any atom is 0.189 e. The van der Waals surface area contributed by atoms with Crippen LogP contribution in [0.4, 0.5) is 0 Å². The Labute approximate surface area is 76.9 Å². The number of hydrogen-bond donors (Lipinski definition) is 3. The molecule has 1 aliphatic heterocycles. The minimum absolute atomic E-state index is 0.332. The fourth-order valence-corrected chi connectivity index (χ4v) is 1.39. The third-order valence-electron chi connectivity index (χ3n) is 2.22. The summed E-state index contributed by atoms with van der Waals surface area (Å²) in [7, 11) is 0. The monoisotopic (exact) mass is 192 g/mol. The first-order valence-corrected chi connectivity index (χ1v) is 4.32. The molecule has 1 saturated heterocycles. The van der Waals surface area contributed by atoms with Crippen molar-refractivity contribution in [2.75, 3.05) is 13.2 Å². The summed E-state index contributed by atoms with van der Waals surface area (Å²) in [4.78, 5) is 0. The van der Waals surface area contributed by atoms with Crippen molar-refractivity contribution < 1.29 is 24.8 Å². The average Bonchev–Trinajstić information content (AvgIpc) is 2.29. The second-order valence-corrected chi connectivity index (χ2v) is 3.32. The molecule has 78 valence electrons. The fraction of sp³-hybridized carbons (Fsp3) is 1.00. The van der Waals surface area contributed by atoms with E-state index in [1.54, 1.807) is 6.92 Å². The topological polar surface area (TPSA) is 79.2 Å². The molecule has 1 aliphatic rings. The Kier molecular flexibility index (Phi) is 3.26. The van der Waals surface area contributed by atoms with Gasteiger partial charge in [0, 0.05) is 6.61 Å². The Balaban J connectivity index is 2.68. The fourth-order valence-electron chi connectivity index (χ4n) is 1.39. The van der Waals surface area contributed by atoms with Gasteiger partial charge in [-0.3, -0.25) is 0 Å². The highest BCUT2D eigenvalue weighted by Gasteiger charge is 2.52. The molecule has 0 aliphatic carbocycles. The lowest BCUT2D eigenvalue weighted by Gasteiger charge is -2.25. The summed E-state index contributed by atoms with van der Waals surface area (Å²) in [6.45, 7) is 3.23. The molecular weight excluding hydrogens is 176 g/mol. The van der Waals surface area contributed by atoms with Crippen LogP contribution in [-0.4, -0.2) is 52.6 Å². The molecular formula is C8H16O5. The van der Waals surface area contributed by atoms with Crippen LogP contribution in [-0.2, 0) is 9.47 Å². The van der Waals surface area contributed by atoms with Crippen molar-refractivity contribution in [3.8, 4) is 0 Å². The van der Waals surface area contributed by atoms with Crippen LogP contribution in [0.5, 0.6) is 0 Å². The first-order valence-electron chi connectivity index (χ1n) is 4.32. The molecule has 4 unspecified atom stereocenters. The van der Waals surface area contributed by atoms with E-state index in [1.807, 2.05) is 0 Å². The number of rotatable bonds is 3. The van der Waals surface area contributed by atoms with Crippen LogP contribution in [0.1, 0.15) is 13.8 Å². The third-order valence-corrected chi connectivity index (χ3v) is 2.22. The Morgan fingerprint density at radius 3 is 2.54 bits per heavy atom. The molecule has 5 heteroatoms. The molecule has 0 aromatic heterocycles. The van der Waals surface area contributed by atoms with Crippen LogP contribution in [0, 0.1) is 0 Å². The standard InChI is InChI=1S/C8H16O5/c1-3-12-7-8(2,11)6(10)5(4-9)13-7/h5-7,9-11H,3-4H2,1-2H3. The van der Waals surface area contributed by atoms with Crippen molar-refractivity contribution in [2.24, 2.45) is 0 Å². The second-order valence-electron chi connectivity index (χ2n) is 3.32. The van der Waals surface area contributed by atoms with Gasteiger partial charge in [0.15, 0.2) is 6.29 Å². The Morgan fingerprint density at radius 2 is 2.15 bits per heavy atom. The van der Waals surface area contributed by atoms with Gasteiger partial charge in [-0.2, -0.15) is 0 Å². The van der Waals surface area contributed by atoms with Gasteiger partial charge in [0.05, 0.1) is 6.61 Å². The van der Waals surface area contributed by atoms with E-state index >= 15 is 0 Å². The van der Waals surface area contributed by atoms with E-state index in [2.05, 4.69) is 0 Å². The highest BCUT2D eigenvalue weighted by Crippen LogP contribution is 2.31. The largest absolute Gasteiger partial charge is 0.394 e. The van der Waals surface area contributed by atoms with Crippen LogP contribution < -0.4 is 0 Å². The van der Waals surface area contributed by atoms with Crippen molar-refractivity contribution in [1.29, 1.82) is 0 Å². The number of ether oxygens (including phenoxy) is 2. The first-order chi connectivity index (χ1) is 6.04. The van der Waals surface area contributed by atoms with Crippen LogP contribution in [0.2, 0.25) is 0 Å². The summed E-state index contributed by atoms with van der Waals surface area (Å²) in [5, 5.41) is 28.0. The lowest BCUT2D eigenvalue weighted by Crippen LogP contribution is -2.46. The molecule has 0 aromatic rings. The van der Waals surface area contributed by atoms with E-state index in [0.29, 0.717) is 6.61 Å². The molecule has 0 amide bonds. The quantitative estimate of drug-likeness (QED) is 0.526. The smallest absolute Gasteiger partial charge is 0.189 e. The summed E-state index contributed by atoms with van der Waals surface area (Å²) in [5.41, 5.74) is -1.45. The van der Waals surface area contributed by atoms with Gasteiger partial charge >= 0.3 is 0 Å². The summed E-state index contributed by atoms with van der Waals surface area (Å²) in [6.07, 6.45) is -2.76. The highest BCUT2D eigenvalue weighted by atomic mass is 16.7. The summed E-state index contributed by atoms with van der Waals surface area (Å²) >= 11 is 0. The van der Waals surface area contributed by atoms with Gasteiger partial charge in [0.1, 0.15) is 17.8 Å². The highest BCUT2D eigenvalue weighted by molar-refractivity contribution is 4.96. The zero-order valence-electron chi connectivity index (χ0n) is 7.80. The molecule has 0 spiro atoms. The van der Waals surface area contributed by atoms with E-state index in [4.69, 9.17) is 14.6 Å². The van der Waals surface area contributed by atoms with Gasteiger partial charge in [-0.15, -0.1) is 0 Å². The Hall–Kier alpha value is -0.200. The predicted octanol–water partition coefficient (Wildman–Crippen LogP) is -1.15. The van der Waals surface area contributed by atoms with Crippen LogP contribution in [0.15, 0.2) is 0 Å². The van der Waals surface area contributed by atoms with E-state index in [1.165, 1.54) is 6.92 Å². The zero-order valence-corrected chi connectivity index (χ0v) is 7.80. The van der Waals surface area contributed by atoms with Crippen molar-refractivity contribution in [1.82, 2.24) is 0 Å². The van der Waals surface area contributed by atoms with Crippen LogP contribution >= 0.6 is 0 Å². The van der Waals surface area contributed by atoms with Crippen molar-refractivity contribution in [3.63, 3.8) is 0 Å². The minimum atomic E-state index is -1.45. The normalized spacial score (nSPS) is 45.5. The zero-order chi connectivity index (χ0) is 10.1. The van der Waals surface area contributed by atoms with Gasteiger partial charge < -0.3 is 24.8 Å². The molecule has 0 aromatic carbocycles. The summed E-state index contributed by atoms with van der Waals surface area (Å²) < 4.78 is 10.2. The average molecular weight is 192 g/mol. The van der Waals surface area contributed by atoms with Crippen molar-refractivity contribution in [3.05, 3.63) is 0 Å². The SMILES string of the molecule is CCOC1OC(CO)C(O)C1(C)O. The van der Waals surface area contributed by atoms with Crippen molar-refractivity contribution in [2.45, 2.75) is 37.9 Å². The van der Waals surface area contributed by atoms with Crippen LogP contribution in [0.3, 0.4) is 0 Å². The Morgan fingerprint density at radius 1 is 1.54 bits per heavy atom. The van der Waals surface area contributed by atoms with Gasteiger partial charge in [0.25, 0.3) is 0 Å². The van der Waals surface area contributed by atoms with E-state index in [9.17, 15) is 10.2 Å². The van der Waals surface area contributed by atoms with Crippen LogP contribution in [0.25, 0.3) is 0 Å². The van der Waals surface area contributed by atoms with Crippen molar-refractivity contribution >= 4 is 0 Å². The van der Waals surface area contributed by atoms with Gasteiger partial charge in [0.2, 0.25) is 0 Å². The van der Waals surface area contributed by atoms with E-state index in [-0.39, 0.29) is 6.61 Å². The maximum absolute atomic E-state index is 9.74. The number of aliphatic hydroxyl groups excluding tert-OH is 2. The molecule has 0 bridgehead atoms. The second kappa shape index (κ2) is 3.89. The van der Waals surface area contributed by atoms with E-state index in [0.717, 1.165) is 0 Å². The maximum atomic E-state index is 9.74. The van der Waals surface area contributed by atoms with Gasteiger partial charge in [-0.1, -0.05) is 0 Å². The van der Waals surface area contributed by atoms with E-state index < -0.39 is 24.1 Å².